The maximum Gasteiger partial charge on any atom is 0.290 e. The number of rotatable bonds is 7. The van der Waals surface area contributed by atoms with Crippen LogP contribution in [0.1, 0.15) is 12.5 Å². The number of hydrogen-bond donors (Lipinski definition) is 1. The van der Waals surface area contributed by atoms with Crippen molar-refractivity contribution >= 4 is 39.4 Å². The number of carbonyl (C=O) groups is 2. The minimum absolute atomic E-state index is 0.00549. The molecule has 1 saturated heterocycles. The first-order chi connectivity index (χ1) is 18.7. The molecule has 7 nitrogen and oxygen atoms in total. The van der Waals surface area contributed by atoms with Crippen LogP contribution >= 0.6 is 11.8 Å². The zero-order valence-electron chi connectivity index (χ0n) is 20.9. The van der Waals surface area contributed by atoms with E-state index in [0.717, 1.165) is 23.9 Å². The van der Waals surface area contributed by atoms with E-state index in [1.165, 1.54) is 6.07 Å². The summed E-state index contributed by atoms with van der Waals surface area (Å²) >= 11 is 0.849. The minimum Gasteiger partial charge on any atom is -0.490 e. The van der Waals surface area contributed by atoms with E-state index in [-0.39, 0.29) is 24.4 Å². The molecule has 39 heavy (non-hydrogen) atoms. The third-order valence-corrected chi connectivity index (χ3v) is 7.27. The van der Waals surface area contributed by atoms with Crippen LogP contribution in [-0.4, -0.2) is 28.9 Å². The molecule has 0 bridgehead atoms. The van der Waals surface area contributed by atoms with Gasteiger partial charge in [-0.1, -0.05) is 24.3 Å². The van der Waals surface area contributed by atoms with Gasteiger partial charge in [0.15, 0.2) is 17.4 Å². The first kappa shape index (κ1) is 26.2. The minimum atomic E-state index is -1.04. The van der Waals surface area contributed by atoms with Crippen LogP contribution in [0.3, 0.4) is 0 Å². The fraction of sp³-hybridized carbons (Fsp3) is 0.138. The highest BCUT2D eigenvalue weighted by Crippen LogP contribution is 2.33. The van der Waals surface area contributed by atoms with Crippen molar-refractivity contribution in [1.82, 2.24) is 9.88 Å². The average Bonchev–Trinajstić information content (AvgIpc) is 3.28. The monoisotopic (exact) mass is 548 g/mol. The van der Waals surface area contributed by atoms with Crippen LogP contribution in [0.2, 0.25) is 0 Å². The van der Waals surface area contributed by atoms with E-state index >= 15 is 0 Å². The van der Waals surface area contributed by atoms with Crippen molar-refractivity contribution < 1.29 is 27.8 Å². The van der Waals surface area contributed by atoms with E-state index in [9.17, 15) is 23.2 Å². The number of aryl methyl sites for hydroxylation is 1. The molecule has 0 unspecified atom stereocenters. The molecule has 10 heteroatoms. The number of amides is 2. The van der Waals surface area contributed by atoms with E-state index in [4.69, 9.17) is 9.47 Å². The highest BCUT2D eigenvalue weighted by atomic mass is 32.2. The number of nitrogens with one attached hydrogen (secondary N) is 1. The second kappa shape index (κ2) is 10.7. The third kappa shape index (κ3) is 5.15. The lowest BCUT2D eigenvalue weighted by Crippen LogP contribution is -2.18. The molecule has 4 aromatic rings. The zero-order valence-corrected chi connectivity index (χ0v) is 21.7. The van der Waals surface area contributed by atoms with Crippen molar-refractivity contribution in [2.75, 3.05) is 13.2 Å². The Morgan fingerprint density at radius 1 is 0.923 bits per heavy atom. The summed E-state index contributed by atoms with van der Waals surface area (Å²) in [5, 5.41) is 2.25. The summed E-state index contributed by atoms with van der Waals surface area (Å²) in [6.07, 6.45) is 0. The smallest absolute Gasteiger partial charge is 0.290 e. The highest BCUT2D eigenvalue weighted by Gasteiger charge is 2.27. The van der Waals surface area contributed by atoms with Gasteiger partial charge in [0.05, 0.1) is 16.1 Å². The molecule has 3 aromatic carbocycles. The lowest BCUT2D eigenvalue weighted by molar-refractivity contribution is -0.115. The zero-order chi connectivity index (χ0) is 27.7. The number of hydrogen-bond acceptors (Lipinski definition) is 6. The summed E-state index contributed by atoms with van der Waals surface area (Å²) < 4.78 is 41.2. The number of nitrogens with zero attached hydrogens (tertiary/aromatic N) is 1. The van der Waals surface area contributed by atoms with Gasteiger partial charge in [-0.25, -0.2) is 8.78 Å². The Kier molecular flexibility index (Phi) is 7.21. The Labute approximate surface area is 226 Å². The van der Waals surface area contributed by atoms with Gasteiger partial charge >= 0.3 is 0 Å². The Morgan fingerprint density at radius 3 is 2.44 bits per heavy atom. The largest absolute Gasteiger partial charge is 0.490 e. The third-order valence-electron chi connectivity index (χ3n) is 6.28. The molecule has 2 heterocycles. The molecule has 2 amide bonds. The predicted octanol–water partition coefficient (Wildman–Crippen LogP) is 5.66. The number of fused-ring (bicyclic) bond motifs is 1. The Balaban J connectivity index is 1.39. The summed E-state index contributed by atoms with van der Waals surface area (Å²) in [7, 11) is 1.72. The van der Waals surface area contributed by atoms with Gasteiger partial charge in [0.2, 0.25) is 5.43 Å². The summed E-state index contributed by atoms with van der Waals surface area (Å²) in [5.74, 6) is -1.97. The molecular formula is C29H22F2N2O5S. The number of allylic oxidation sites excluding steroid dienone is 1. The number of aromatic nitrogens is 1. The van der Waals surface area contributed by atoms with E-state index in [1.807, 2.05) is 0 Å². The van der Waals surface area contributed by atoms with Gasteiger partial charge in [-0.05, 0) is 72.3 Å². The predicted molar refractivity (Wildman–Crippen MR) is 146 cm³/mol. The number of benzene rings is 3. The number of para-hydroxylation sites is 1. The number of pyridine rings is 1. The van der Waals surface area contributed by atoms with Crippen LogP contribution in [-0.2, 0) is 11.8 Å². The number of carbonyl (C=O) groups excluding carboxylic acids is 2. The van der Waals surface area contributed by atoms with Gasteiger partial charge < -0.3 is 14.0 Å². The van der Waals surface area contributed by atoms with Gasteiger partial charge in [0, 0.05) is 18.0 Å². The van der Waals surface area contributed by atoms with Crippen molar-refractivity contribution in [1.29, 1.82) is 0 Å². The Hall–Kier alpha value is -4.44. The van der Waals surface area contributed by atoms with Crippen molar-refractivity contribution in [3.05, 3.63) is 99.1 Å². The quantitative estimate of drug-likeness (QED) is 0.237. The number of thioether (sulfide) groups is 1. The van der Waals surface area contributed by atoms with Gasteiger partial charge in [0.1, 0.15) is 19.0 Å². The SMILES string of the molecule is CC(=C1SC(=O)NC1=O)c1cccc(OCCOc2c(-c3ccc(F)c(F)c3)n(C)c3ccccc3c2=O)c1. The highest BCUT2D eigenvalue weighted by molar-refractivity contribution is 8.18. The normalized spacial score (nSPS) is 14.5. The van der Waals surface area contributed by atoms with Gasteiger partial charge in [0.25, 0.3) is 11.1 Å². The average molecular weight is 549 g/mol. The number of halogens is 2. The lowest BCUT2D eigenvalue weighted by Gasteiger charge is -2.18. The summed E-state index contributed by atoms with van der Waals surface area (Å²) in [6, 6.07) is 17.4. The van der Waals surface area contributed by atoms with Crippen LogP contribution in [0.5, 0.6) is 11.5 Å². The van der Waals surface area contributed by atoms with Crippen LogP contribution in [0.15, 0.2) is 76.4 Å². The fourth-order valence-corrected chi connectivity index (χ4v) is 5.12. The topological polar surface area (TPSA) is 86.6 Å². The maximum absolute atomic E-state index is 14.1. The summed E-state index contributed by atoms with van der Waals surface area (Å²) in [6.45, 7) is 1.80. The van der Waals surface area contributed by atoms with E-state index in [1.54, 1.807) is 67.1 Å². The molecule has 1 aliphatic rings. The van der Waals surface area contributed by atoms with E-state index in [2.05, 4.69) is 5.32 Å². The Bertz CT molecular complexity index is 1730. The van der Waals surface area contributed by atoms with E-state index in [0.29, 0.717) is 44.0 Å². The number of ether oxygens (including phenoxy) is 2. The maximum atomic E-state index is 14.1. The standard InChI is InChI=1S/C29H22F2N2O5S/c1-16(27-28(35)32-29(36)39-27)17-6-5-7-19(14-17)37-12-13-38-26-24(18-10-11-21(30)22(31)15-18)33(2)23-9-4-3-8-20(23)25(26)34/h3-11,14-15H,12-13H2,1-2H3,(H,32,35,36). The summed E-state index contributed by atoms with van der Waals surface area (Å²) in [5.41, 5.74) is 2.19. The lowest BCUT2D eigenvalue weighted by atomic mass is 10.1. The molecule has 198 valence electrons. The molecule has 0 aliphatic carbocycles. The van der Waals surface area contributed by atoms with Crippen molar-refractivity contribution in [3.8, 4) is 22.8 Å². The fourth-order valence-electron chi connectivity index (χ4n) is 4.38. The molecule has 5 rings (SSSR count). The van der Waals surface area contributed by atoms with Gasteiger partial charge in [-0.2, -0.15) is 0 Å². The van der Waals surface area contributed by atoms with Crippen LogP contribution in [0.4, 0.5) is 13.6 Å². The molecule has 1 fully saturated rings. The van der Waals surface area contributed by atoms with E-state index < -0.39 is 22.8 Å². The number of imide groups is 1. The molecule has 1 N–H and O–H groups in total. The van der Waals surface area contributed by atoms with Crippen LogP contribution < -0.4 is 20.2 Å². The molecule has 0 radical (unpaired) electrons. The second-order valence-corrected chi connectivity index (χ2v) is 9.72. The summed E-state index contributed by atoms with van der Waals surface area (Å²) in [4.78, 5) is 37.2. The van der Waals surface area contributed by atoms with Crippen LogP contribution in [0.25, 0.3) is 27.7 Å². The first-order valence-electron chi connectivity index (χ1n) is 11.9. The molecule has 1 aromatic heterocycles. The van der Waals surface area contributed by atoms with Crippen molar-refractivity contribution in [3.63, 3.8) is 0 Å². The molecule has 0 atom stereocenters. The van der Waals surface area contributed by atoms with Crippen molar-refractivity contribution in [2.45, 2.75) is 6.92 Å². The Morgan fingerprint density at radius 2 is 1.69 bits per heavy atom. The molecule has 0 saturated carbocycles. The molecule has 0 spiro atoms. The second-order valence-electron chi connectivity index (χ2n) is 8.73. The van der Waals surface area contributed by atoms with Gasteiger partial charge in [-0.15, -0.1) is 0 Å². The van der Waals surface area contributed by atoms with Crippen LogP contribution in [0, 0.1) is 11.6 Å². The van der Waals surface area contributed by atoms with Gasteiger partial charge in [-0.3, -0.25) is 19.7 Å². The van der Waals surface area contributed by atoms with Crippen molar-refractivity contribution in [2.24, 2.45) is 7.05 Å². The first-order valence-corrected chi connectivity index (χ1v) is 12.7. The molecular weight excluding hydrogens is 526 g/mol. The molecule has 1 aliphatic heterocycles.